The van der Waals surface area contributed by atoms with Gasteiger partial charge in [0.15, 0.2) is 0 Å². The van der Waals surface area contributed by atoms with Gasteiger partial charge in [-0.3, -0.25) is 9.59 Å². The van der Waals surface area contributed by atoms with Gasteiger partial charge in [0.05, 0.1) is 12.5 Å². The van der Waals surface area contributed by atoms with Gasteiger partial charge in [0, 0.05) is 31.7 Å². The molecule has 5 nitrogen and oxygen atoms in total. The summed E-state index contributed by atoms with van der Waals surface area (Å²) in [7, 11) is 0. The minimum atomic E-state index is -0.281. The molecule has 0 radical (unpaired) electrons. The van der Waals surface area contributed by atoms with E-state index in [1.165, 1.54) is 6.92 Å². The molecule has 1 aliphatic rings. The molecule has 2 aromatic rings. The summed E-state index contributed by atoms with van der Waals surface area (Å²) < 4.78 is 0. The Kier molecular flexibility index (Phi) is 6.47. The van der Waals surface area contributed by atoms with E-state index in [0.29, 0.717) is 12.5 Å². The standard InChI is InChI=1S/C22H27N3O2/c1-17(26)23-21(18-8-4-2-5-9-18)16-22(27)25-14-12-20(13-15-25)24-19-10-6-3-7-11-19/h2-11,20-21,24H,12-16H2,1H3,(H,23,26). The number of rotatable bonds is 6. The minimum Gasteiger partial charge on any atom is -0.382 e. The van der Waals surface area contributed by atoms with E-state index in [-0.39, 0.29) is 17.9 Å². The van der Waals surface area contributed by atoms with E-state index in [2.05, 4.69) is 22.8 Å². The maximum Gasteiger partial charge on any atom is 0.224 e. The van der Waals surface area contributed by atoms with Crippen molar-refractivity contribution in [3.05, 3.63) is 66.2 Å². The monoisotopic (exact) mass is 365 g/mol. The molecule has 1 saturated heterocycles. The van der Waals surface area contributed by atoms with Gasteiger partial charge in [-0.2, -0.15) is 0 Å². The number of nitrogens with one attached hydrogen (secondary N) is 2. The van der Waals surface area contributed by atoms with Crippen molar-refractivity contribution in [1.29, 1.82) is 0 Å². The Labute approximate surface area is 160 Å². The average Bonchev–Trinajstić information content (AvgIpc) is 2.69. The Morgan fingerprint density at radius 2 is 1.59 bits per heavy atom. The Hall–Kier alpha value is -2.82. The molecule has 0 saturated carbocycles. The highest BCUT2D eigenvalue weighted by molar-refractivity contribution is 5.79. The molecular weight excluding hydrogens is 338 g/mol. The van der Waals surface area contributed by atoms with Gasteiger partial charge in [0.2, 0.25) is 11.8 Å². The van der Waals surface area contributed by atoms with E-state index in [1.54, 1.807) is 0 Å². The summed E-state index contributed by atoms with van der Waals surface area (Å²) in [6.45, 7) is 2.97. The zero-order valence-electron chi connectivity index (χ0n) is 15.7. The molecule has 1 aliphatic heterocycles. The first-order chi connectivity index (χ1) is 13.1. The highest BCUT2D eigenvalue weighted by Gasteiger charge is 2.25. The smallest absolute Gasteiger partial charge is 0.224 e. The van der Waals surface area contributed by atoms with Crippen LogP contribution >= 0.6 is 0 Å². The molecule has 2 amide bonds. The molecule has 2 aromatic carbocycles. The number of nitrogens with zero attached hydrogens (tertiary/aromatic N) is 1. The van der Waals surface area contributed by atoms with Crippen molar-refractivity contribution in [2.24, 2.45) is 0 Å². The number of anilines is 1. The topological polar surface area (TPSA) is 61.4 Å². The summed E-state index contributed by atoms with van der Waals surface area (Å²) in [6, 6.07) is 20.0. The fraction of sp³-hybridized carbons (Fsp3) is 0.364. The first-order valence-electron chi connectivity index (χ1n) is 9.53. The molecule has 0 aromatic heterocycles. The van der Waals surface area contributed by atoms with Crippen molar-refractivity contribution in [2.75, 3.05) is 18.4 Å². The summed E-state index contributed by atoms with van der Waals surface area (Å²) >= 11 is 0. The van der Waals surface area contributed by atoms with E-state index in [4.69, 9.17) is 0 Å². The third-order valence-electron chi connectivity index (χ3n) is 4.95. The van der Waals surface area contributed by atoms with E-state index >= 15 is 0 Å². The van der Waals surface area contributed by atoms with Crippen LogP contribution < -0.4 is 10.6 Å². The predicted molar refractivity (Wildman–Crippen MR) is 107 cm³/mol. The number of para-hydroxylation sites is 1. The van der Waals surface area contributed by atoms with Crippen LogP contribution in [0.15, 0.2) is 60.7 Å². The number of amides is 2. The van der Waals surface area contributed by atoms with Crippen LogP contribution in [0.4, 0.5) is 5.69 Å². The van der Waals surface area contributed by atoms with Crippen LogP contribution in [-0.4, -0.2) is 35.8 Å². The van der Waals surface area contributed by atoms with Crippen molar-refractivity contribution in [2.45, 2.75) is 38.3 Å². The predicted octanol–water partition coefficient (Wildman–Crippen LogP) is 3.36. The number of likely N-dealkylation sites (tertiary alicyclic amines) is 1. The first-order valence-corrected chi connectivity index (χ1v) is 9.53. The van der Waals surface area contributed by atoms with Gasteiger partial charge in [-0.1, -0.05) is 48.5 Å². The summed E-state index contributed by atoms with van der Waals surface area (Å²) in [6.07, 6.45) is 2.15. The maximum absolute atomic E-state index is 12.8. The largest absolute Gasteiger partial charge is 0.382 e. The molecule has 3 rings (SSSR count). The molecule has 1 unspecified atom stereocenters. The maximum atomic E-state index is 12.8. The van der Waals surface area contributed by atoms with Crippen LogP contribution in [0.2, 0.25) is 0 Å². The molecular formula is C22H27N3O2. The summed E-state index contributed by atoms with van der Waals surface area (Å²) in [5.41, 5.74) is 2.08. The highest BCUT2D eigenvalue weighted by Crippen LogP contribution is 2.21. The van der Waals surface area contributed by atoms with Gasteiger partial charge < -0.3 is 15.5 Å². The first kappa shape index (κ1) is 19.0. The fourth-order valence-corrected chi connectivity index (χ4v) is 3.53. The van der Waals surface area contributed by atoms with Crippen molar-refractivity contribution in [3.63, 3.8) is 0 Å². The normalized spacial score (nSPS) is 15.8. The molecule has 1 fully saturated rings. The third kappa shape index (κ3) is 5.58. The molecule has 0 bridgehead atoms. The number of hydrogen-bond acceptors (Lipinski definition) is 3. The van der Waals surface area contributed by atoms with Gasteiger partial charge in [0.1, 0.15) is 0 Å². The van der Waals surface area contributed by atoms with E-state index < -0.39 is 0 Å². The zero-order chi connectivity index (χ0) is 19.1. The van der Waals surface area contributed by atoms with Crippen molar-refractivity contribution < 1.29 is 9.59 Å². The molecule has 0 aliphatic carbocycles. The Morgan fingerprint density at radius 1 is 1.00 bits per heavy atom. The van der Waals surface area contributed by atoms with E-state index in [1.807, 2.05) is 53.4 Å². The van der Waals surface area contributed by atoms with Gasteiger partial charge in [-0.05, 0) is 30.5 Å². The highest BCUT2D eigenvalue weighted by atomic mass is 16.2. The minimum absolute atomic E-state index is 0.0933. The summed E-state index contributed by atoms with van der Waals surface area (Å²) in [4.78, 5) is 26.3. The summed E-state index contributed by atoms with van der Waals surface area (Å²) in [5, 5.41) is 6.45. The molecule has 27 heavy (non-hydrogen) atoms. The van der Waals surface area contributed by atoms with E-state index in [9.17, 15) is 9.59 Å². The molecule has 142 valence electrons. The van der Waals surface area contributed by atoms with Gasteiger partial charge in [0.25, 0.3) is 0 Å². The lowest BCUT2D eigenvalue weighted by atomic mass is 10.0. The molecule has 1 atom stereocenters. The number of piperidine rings is 1. The van der Waals surface area contributed by atoms with Crippen LogP contribution in [0.1, 0.15) is 37.8 Å². The van der Waals surface area contributed by atoms with Crippen LogP contribution in [0, 0.1) is 0 Å². The summed E-state index contributed by atoms with van der Waals surface area (Å²) in [5.74, 6) is -0.0295. The van der Waals surface area contributed by atoms with Crippen molar-refractivity contribution in [3.8, 4) is 0 Å². The average molecular weight is 365 g/mol. The molecule has 5 heteroatoms. The zero-order valence-corrected chi connectivity index (χ0v) is 15.7. The van der Waals surface area contributed by atoms with E-state index in [0.717, 1.165) is 37.2 Å². The quantitative estimate of drug-likeness (QED) is 0.825. The lowest BCUT2D eigenvalue weighted by molar-refractivity contribution is -0.133. The van der Waals surface area contributed by atoms with Gasteiger partial charge >= 0.3 is 0 Å². The second kappa shape index (κ2) is 9.21. The number of benzene rings is 2. The second-order valence-corrected chi connectivity index (χ2v) is 7.03. The third-order valence-corrected chi connectivity index (χ3v) is 4.95. The fourth-order valence-electron chi connectivity index (χ4n) is 3.53. The number of carbonyl (C=O) groups is 2. The SMILES string of the molecule is CC(=O)NC(CC(=O)N1CCC(Nc2ccccc2)CC1)c1ccccc1. The molecule has 0 spiro atoms. The van der Waals surface area contributed by atoms with Crippen LogP contribution in [0.3, 0.4) is 0 Å². The number of hydrogen-bond donors (Lipinski definition) is 2. The number of carbonyl (C=O) groups excluding carboxylic acids is 2. The van der Waals surface area contributed by atoms with Crippen LogP contribution in [0.5, 0.6) is 0 Å². The van der Waals surface area contributed by atoms with Crippen molar-refractivity contribution in [1.82, 2.24) is 10.2 Å². The lowest BCUT2D eigenvalue weighted by Gasteiger charge is -2.34. The lowest BCUT2D eigenvalue weighted by Crippen LogP contribution is -2.43. The Morgan fingerprint density at radius 3 is 2.19 bits per heavy atom. The molecule has 2 N–H and O–H groups in total. The van der Waals surface area contributed by atoms with Gasteiger partial charge in [-0.15, -0.1) is 0 Å². The second-order valence-electron chi connectivity index (χ2n) is 7.03. The Balaban J connectivity index is 1.54. The van der Waals surface area contributed by atoms with Crippen LogP contribution in [0.25, 0.3) is 0 Å². The van der Waals surface area contributed by atoms with Gasteiger partial charge in [-0.25, -0.2) is 0 Å². The van der Waals surface area contributed by atoms with Crippen LogP contribution in [-0.2, 0) is 9.59 Å². The molecule has 1 heterocycles. The van der Waals surface area contributed by atoms with Crippen molar-refractivity contribution >= 4 is 17.5 Å². The Bertz CT molecular complexity index is 741.